The monoisotopic (exact) mass is 354 g/mol. The van der Waals surface area contributed by atoms with Gasteiger partial charge >= 0.3 is 0 Å². The average Bonchev–Trinajstić information content (AvgIpc) is 2.66. The summed E-state index contributed by atoms with van der Waals surface area (Å²) < 4.78 is 5.15. The van der Waals surface area contributed by atoms with Crippen molar-refractivity contribution in [3.63, 3.8) is 0 Å². The van der Waals surface area contributed by atoms with Crippen LogP contribution in [0.3, 0.4) is 0 Å². The lowest BCUT2D eigenvalue weighted by atomic mass is 10.1. The van der Waals surface area contributed by atoms with Gasteiger partial charge in [0.05, 0.1) is 7.11 Å². The van der Waals surface area contributed by atoms with Crippen molar-refractivity contribution in [1.82, 2.24) is 10.2 Å². The second-order valence-electron chi connectivity index (χ2n) is 6.75. The molecule has 0 aliphatic rings. The molecule has 0 bridgehead atoms. The highest BCUT2D eigenvalue weighted by molar-refractivity contribution is 5.76. The van der Waals surface area contributed by atoms with Crippen LogP contribution in [0.1, 0.15) is 31.4 Å². The molecule has 0 aromatic heterocycles. The molecule has 2 aromatic carbocycles. The first kappa shape index (κ1) is 20.0. The van der Waals surface area contributed by atoms with Crippen LogP contribution >= 0.6 is 0 Å². The van der Waals surface area contributed by atoms with Crippen LogP contribution in [0.4, 0.5) is 0 Å². The predicted octanol–water partition coefficient (Wildman–Crippen LogP) is 3.65. The fourth-order valence-corrected chi connectivity index (χ4v) is 2.81. The van der Waals surface area contributed by atoms with Gasteiger partial charge in [-0.05, 0) is 43.5 Å². The van der Waals surface area contributed by atoms with Crippen molar-refractivity contribution >= 4 is 5.91 Å². The van der Waals surface area contributed by atoms with Gasteiger partial charge in [0.15, 0.2) is 0 Å². The van der Waals surface area contributed by atoms with Crippen LogP contribution < -0.4 is 10.1 Å². The third-order valence-electron chi connectivity index (χ3n) is 4.48. The van der Waals surface area contributed by atoms with Crippen molar-refractivity contribution in [2.75, 3.05) is 20.2 Å². The lowest BCUT2D eigenvalue weighted by Gasteiger charge is -2.26. The molecular weight excluding hydrogens is 324 g/mol. The summed E-state index contributed by atoms with van der Waals surface area (Å²) in [7, 11) is 1.66. The summed E-state index contributed by atoms with van der Waals surface area (Å²) in [6.45, 7) is 6.64. The van der Waals surface area contributed by atoms with E-state index in [0.29, 0.717) is 19.0 Å². The summed E-state index contributed by atoms with van der Waals surface area (Å²) in [4.78, 5) is 14.5. The maximum absolute atomic E-state index is 12.2. The lowest BCUT2D eigenvalue weighted by molar-refractivity contribution is -0.121. The second-order valence-corrected chi connectivity index (χ2v) is 6.75. The Kier molecular flexibility index (Phi) is 8.16. The van der Waals surface area contributed by atoms with Gasteiger partial charge in [0.2, 0.25) is 5.91 Å². The summed E-state index contributed by atoms with van der Waals surface area (Å²) in [5, 5.41) is 3.02. The molecule has 2 rings (SSSR count). The quantitative estimate of drug-likeness (QED) is 0.708. The summed E-state index contributed by atoms with van der Waals surface area (Å²) in [5.74, 6) is 0.960. The number of methoxy groups -OCH3 is 1. The van der Waals surface area contributed by atoms with Crippen LogP contribution in [0.5, 0.6) is 5.75 Å². The van der Waals surface area contributed by atoms with Crippen molar-refractivity contribution in [2.24, 2.45) is 0 Å². The SMILES string of the molecule is COc1ccc(CCNC(=O)CCN(Cc2ccccc2)C(C)C)cc1. The Labute approximate surface area is 157 Å². The minimum atomic E-state index is 0.109. The van der Waals surface area contributed by atoms with Crippen molar-refractivity contribution in [1.29, 1.82) is 0 Å². The predicted molar refractivity (Wildman–Crippen MR) is 106 cm³/mol. The topological polar surface area (TPSA) is 41.6 Å². The minimum Gasteiger partial charge on any atom is -0.497 e. The maximum Gasteiger partial charge on any atom is 0.221 e. The zero-order chi connectivity index (χ0) is 18.8. The number of hydrogen-bond donors (Lipinski definition) is 1. The van der Waals surface area contributed by atoms with E-state index in [2.05, 4.69) is 48.3 Å². The van der Waals surface area contributed by atoms with E-state index in [1.165, 1.54) is 11.1 Å². The Hall–Kier alpha value is -2.33. The highest BCUT2D eigenvalue weighted by Crippen LogP contribution is 2.11. The number of amides is 1. The molecule has 0 spiro atoms. The number of nitrogens with one attached hydrogen (secondary N) is 1. The van der Waals surface area contributed by atoms with Crippen molar-refractivity contribution in [2.45, 2.75) is 39.3 Å². The average molecular weight is 354 g/mol. The lowest BCUT2D eigenvalue weighted by Crippen LogP contribution is -2.35. The van der Waals surface area contributed by atoms with Crippen molar-refractivity contribution in [3.8, 4) is 5.75 Å². The molecule has 140 valence electrons. The van der Waals surface area contributed by atoms with E-state index in [1.807, 2.05) is 30.3 Å². The largest absolute Gasteiger partial charge is 0.497 e. The number of hydrogen-bond acceptors (Lipinski definition) is 3. The van der Waals surface area contributed by atoms with E-state index in [-0.39, 0.29) is 5.91 Å². The van der Waals surface area contributed by atoms with E-state index < -0.39 is 0 Å². The number of benzene rings is 2. The van der Waals surface area contributed by atoms with Gasteiger partial charge in [0.25, 0.3) is 0 Å². The number of carbonyl (C=O) groups is 1. The number of rotatable bonds is 10. The smallest absolute Gasteiger partial charge is 0.221 e. The van der Waals surface area contributed by atoms with Crippen LogP contribution in [0, 0.1) is 0 Å². The summed E-state index contributed by atoms with van der Waals surface area (Å²) >= 11 is 0. The standard InChI is InChI=1S/C22H30N2O2/c1-18(2)24(17-20-7-5-4-6-8-20)16-14-22(25)23-15-13-19-9-11-21(26-3)12-10-19/h4-12,18H,13-17H2,1-3H3,(H,23,25). The van der Waals surface area contributed by atoms with Gasteiger partial charge in [-0.25, -0.2) is 0 Å². The first-order chi connectivity index (χ1) is 12.6. The molecule has 4 nitrogen and oxygen atoms in total. The van der Waals surface area contributed by atoms with E-state index in [4.69, 9.17) is 4.74 Å². The Morgan fingerprint density at radius 1 is 1.04 bits per heavy atom. The molecular formula is C22H30N2O2. The van der Waals surface area contributed by atoms with Crippen molar-refractivity contribution in [3.05, 3.63) is 65.7 Å². The van der Waals surface area contributed by atoms with E-state index in [9.17, 15) is 4.79 Å². The zero-order valence-corrected chi connectivity index (χ0v) is 16.1. The van der Waals surface area contributed by atoms with Crippen LogP contribution in [0.15, 0.2) is 54.6 Å². The summed E-state index contributed by atoms with van der Waals surface area (Å²) in [5.41, 5.74) is 2.47. The Bertz CT molecular complexity index is 654. The molecule has 0 heterocycles. The molecule has 1 N–H and O–H groups in total. The van der Waals surface area contributed by atoms with Crippen LogP contribution in [0.2, 0.25) is 0 Å². The molecule has 0 unspecified atom stereocenters. The highest BCUT2D eigenvalue weighted by atomic mass is 16.5. The summed E-state index contributed by atoms with van der Waals surface area (Å²) in [6, 6.07) is 18.8. The number of ether oxygens (including phenoxy) is 1. The molecule has 0 atom stereocenters. The second kappa shape index (κ2) is 10.6. The van der Waals surface area contributed by atoms with Crippen LogP contribution in [-0.4, -0.2) is 37.0 Å². The Morgan fingerprint density at radius 2 is 1.73 bits per heavy atom. The fourth-order valence-electron chi connectivity index (χ4n) is 2.81. The fraction of sp³-hybridized carbons (Fsp3) is 0.409. The zero-order valence-electron chi connectivity index (χ0n) is 16.1. The first-order valence-corrected chi connectivity index (χ1v) is 9.26. The molecule has 0 aliphatic heterocycles. The van der Waals surface area contributed by atoms with Crippen LogP contribution in [0.25, 0.3) is 0 Å². The first-order valence-electron chi connectivity index (χ1n) is 9.26. The van der Waals surface area contributed by atoms with Crippen LogP contribution in [-0.2, 0) is 17.8 Å². The molecule has 0 saturated heterocycles. The van der Waals surface area contributed by atoms with Gasteiger partial charge in [-0.2, -0.15) is 0 Å². The Morgan fingerprint density at radius 3 is 2.35 bits per heavy atom. The third kappa shape index (κ3) is 6.89. The van der Waals surface area contributed by atoms with Gasteiger partial charge < -0.3 is 10.1 Å². The molecule has 26 heavy (non-hydrogen) atoms. The molecule has 2 aromatic rings. The Balaban J connectivity index is 1.71. The van der Waals surface area contributed by atoms with Crippen molar-refractivity contribution < 1.29 is 9.53 Å². The van der Waals surface area contributed by atoms with Gasteiger partial charge in [-0.15, -0.1) is 0 Å². The number of carbonyl (C=O) groups excluding carboxylic acids is 1. The van der Waals surface area contributed by atoms with Gasteiger partial charge in [0, 0.05) is 32.1 Å². The minimum absolute atomic E-state index is 0.109. The third-order valence-corrected chi connectivity index (χ3v) is 4.48. The molecule has 0 aliphatic carbocycles. The van der Waals surface area contributed by atoms with E-state index >= 15 is 0 Å². The molecule has 0 radical (unpaired) electrons. The maximum atomic E-state index is 12.2. The van der Waals surface area contributed by atoms with Gasteiger partial charge in [-0.3, -0.25) is 9.69 Å². The summed E-state index contributed by atoms with van der Waals surface area (Å²) in [6.07, 6.45) is 1.35. The number of nitrogens with zero attached hydrogens (tertiary/aromatic N) is 1. The van der Waals surface area contributed by atoms with Gasteiger partial charge in [-0.1, -0.05) is 42.5 Å². The highest BCUT2D eigenvalue weighted by Gasteiger charge is 2.12. The molecule has 4 heteroatoms. The van der Waals surface area contributed by atoms with E-state index in [0.717, 1.165) is 25.3 Å². The van der Waals surface area contributed by atoms with E-state index in [1.54, 1.807) is 7.11 Å². The molecule has 1 amide bonds. The van der Waals surface area contributed by atoms with Gasteiger partial charge in [0.1, 0.15) is 5.75 Å². The molecule has 0 saturated carbocycles. The molecule has 0 fully saturated rings. The normalized spacial score (nSPS) is 11.0.